The first-order chi connectivity index (χ1) is 8.60. The number of anilines is 3. The average molecular weight is 242 g/mol. The molecule has 94 valence electrons. The van der Waals surface area contributed by atoms with Gasteiger partial charge in [-0.15, -0.1) is 0 Å². The minimum Gasteiger partial charge on any atom is -0.497 e. The number of rotatable bonds is 3. The monoisotopic (exact) mass is 242 g/mol. The molecule has 0 aliphatic heterocycles. The second-order valence-corrected chi connectivity index (χ2v) is 4.40. The quantitative estimate of drug-likeness (QED) is 0.808. The van der Waals surface area contributed by atoms with Crippen LogP contribution in [0.25, 0.3) is 0 Å². The van der Waals surface area contributed by atoms with Gasteiger partial charge in [0.15, 0.2) is 0 Å². The van der Waals surface area contributed by atoms with Crippen LogP contribution in [0.2, 0.25) is 0 Å². The van der Waals surface area contributed by atoms with Crippen molar-refractivity contribution in [1.29, 1.82) is 0 Å². The van der Waals surface area contributed by atoms with Gasteiger partial charge in [-0.05, 0) is 55.3 Å². The molecule has 0 atom stereocenters. The zero-order valence-electron chi connectivity index (χ0n) is 10.9. The largest absolute Gasteiger partial charge is 0.497 e. The number of nitrogens with two attached hydrogens (primary N) is 1. The van der Waals surface area contributed by atoms with Crippen molar-refractivity contribution in [2.45, 2.75) is 13.8 Å². The fraction of sp³-hybridized carbons (Fsp3) is 0.200. The predicted octanol–water partition coefficient (Wildman–Crippen LogP) is 3.64. The first-order valence-electron chi connectivity index (χ1n) is 5.88. The van der Waals surface area contributed by atoms with E-state index in [1.54, 1.807) is 7.11 Å². The van der Waals surface area contributed by atoms with Gasteiger partial charge < -0.3 is 15.8 Å². The van der Waals surface area contributed by atoms with E-state index in [0.29, 0.717) is 0 Å². The molecule has 0 aliphatic carbocycles. The van der Waals surface area contributed by atoms with Crippen molar-refractivity contribution >= 4 is 17.1 Å². The number of methoxy groups -OCH3 is 1. The molecule has 3 N–H and O–H groups in total. The number of hydrogen-bond donors (Lipinski definition) is 2. The maximum absolute atomic E-state index is 5.96. The van der Waals surface area contributed by atoms with Crippen molar-refractivity contribution in [2.75, 3.05) is 18.2 Å². The fourth-order valence-corrected chi connectivity index (χ4v) is 1.83. The molecule has 0 saturated heterocycles. The van der Waals surface area contributed by atoms with E-state index in [1.807, 2.05) is 50.2 Å². The smallest absolute Gasteiger partial charge is 0.119 e. The lowest BCUT2D eigenvalue weighted by Gasteiger charge is -2.13. The van der Waals surface area contributed by atoms with E-state index >= 15 is 0 Å². The standard InChI is InChI=1S/C15H18N2O/c1-10-4-6-13(16)15(8-10)17-14-7-5-12(18-3)9-11(14)2/h4-9,17H,16H2,1-3H3. The number of ether oxygens (including phenoxy) is 1. The summed E-state index contributed by atoms with van der Waals surface area (Å²) in [7, 11) is 1.67. The topological polar surface area (TPSA) is 47.3 Å². The first-order valence-corrected chi connectivity index (χ1v) is 5.88. The highest BCUT2D eigenvalue weighted by Crippen LogP contribution is 2.28. The van der Waals surface area contributed by atoms with Gasteiger partial charge in [-0.2, -0.15) is 0 Å². The van der Waals surface area contributed by atoms with E-state index in [9.17, 15) is 0 Å². The van der Waals surface area contributed by atoms with Gasteiger partial charge in [-0.25, -0.2) is 0 Å². The minimum atomic E-state index is 0.746. The van der Waals surface area contributed by atoms with Gasteiger partial charge in [-0.3, -0.25) is 0 Å². The molecule has 2 aromatic rings. The number of nitrogens with one attached hydrogen (secondary N) is 1. The molecule has 0 spiro atoms. The van der Waals surface area contributed by atoms with E-state index in [2.05, 4.69) is 5.32 Å². The number of hydrogen-bond acceptors (Lipinski definition) is 3. The average Bonchev–Trinajstić information content (AvgIpc) is 2.36. The van der Waals surface area contributed by atoms with Crippen LogP contribution in [0.1, 0.15) is 11.1 Å². The van der Waals surface area contributed by atoms with Crippen LogP contribution >= 0.6 is 0 Å². The number of nitrogen functional groups attached to an aromatic ring is 1. The molecule has 0 bridgehead atoms. The summed E-state index contributed by atoms with van der Waals surface area (Å²) >= 11 is 0. The molecule has 2 rings (SSSR count). The molecule has 0 fully saturated rings. The molecule has 0 heterocycles. The van der Waals surface area contributed by atoms with Crippen LogP contribution in [0.3, 0.4) is 0 Å². The van der Waals surface area contributed by atoms with Crippen LogP contribution < -0.4 is 15.8 Å². The Labute approximate surface area is 108 Å². The summed E-state index contributed by atoms with van der Waals surface area (Å²) in [5.41, 5.74) is 11.0. The molecular weight excluding hydrogens is 224 g/mol. The summed E-state index contributed by atoms with van der Waals surface area (Å²) < 4.78 is 5.19. The van der Waals surface area contributed by atoms with Crippen LogP contribution in [0.15, 0.2) is 36.4 Å². The lowest BCUT2D eigenvalue weighted by atomic mass is 10.1. The van der Waals surface area contributed by atoms with Crippen LogP contribution in [-0.4, -0.2) is 7.11 Å². The zero-order chi connectivity index (χ0) is 13.1. The van der Waals surface area contributed by atoms with Crippen molar-refractivity contribution in [1.82, 2.24) is 0 Å². The second kappa shape index (κ2) is 5.00. The van der Waals surface area contributed by atoms with Crippen molar-refractivity contribution in [3.05, 3.63) is 47.5 Å². The highest BCUT2D eigenvalue weighted by atomic mass is 16.5. The Bertz CT molecular complexity index is 564. The van der Waals surface area contributed by atoms with Gasteiger partial charge in [0.1, 0.15) is 5.75 Å². The zero-order valence-corrected chi connectivity index (χ0v) is 10.9. The SMILES string of the molecule is COc1ccc(Nc2cc(C)ccc2N)c(C)c1. The van der Waals surface area contributed by atoms with Gasteiger partial charge in [0.2, 0.25) is 0 Å². The van der Waals surface area contributed by atoms with Crippen LogP contribution in [0, 0.1) is 13.8 Å². The molecule has 0 saturated carbocycles. The maximum atomic E-state index is 5.96. The van der Waals surface area contributed by atoms with Gasteiger partial charge in [0.05, 0.1) is 18.5 Å². The van der Waals surface area contributed by atoms with E-state index in [-0.39, 0.29) is 0 Å². The van der Waals surface area contributed by atoms with Crippen LogP contribution in [-0.2, 0) is 0 Å². The van der Waals surface area contributed by atoms with Crippen molar-refractivity contribution in [2.24, 2.45) is 0 Å². The molecule has 0 radical (unpaired) electrons. The third-order valence-corrected chi connectivity index (χ3v) is 2.91. The first kappa shape index (κ1) is 12.3. The number of benzene rings is 2. The predicted molar refractivity (Wildman–Crippen MR) is 76.6 cm³/mol. The van der Waals surface area contributed by atoms with E-state index in [1.165, 1.54) is 5.56 Å². The Morgan fingerprint density at radius 2 is 1.78 bits per heavy atom. The Morgan fingerprint density at radius 3 is 2.44 bits per heavy atom. The van der Waals surface area contributed by atoms with E-state index in [0.717, 1.165) is 28.4 Å². The van der Waals surface area contributed by atoms with Crippen molar-refractivity contribution < 1.29 is 4.74 Å². The highest BCUT2D eigenvalue weighted by molar-refractivity contribution is 5.74. The minimum absolute atomic E-state index is 0.746. The van der Waals surface area contributed by atoms with Gasteiger partial charge in [0, 0.05) is 5.69 Å². The summed E-state index contributed by atoms with van der Waals surface area (Å²) in [4.78, 5) is 0. The number of aryl methyl sites for hydroxylation is 2. The third kappa shape index (κ3) is 2.56. The van der Waals surface area contributed by atoms with E-state index in [4.69, 9.17) is 10.5 Å². The second-order valence-electron chi connectivity index (χ2n) is 4.40. The van der Waals surface area contributed by atoms with Gasteiger partial charge in [0.25, 0.3) is 0 Å². The normalized spacial score (nSPS) is 10.2. The highest BCUT2D eigenvalue weighted by Gasteiger charge is 2.03. The molecule has 18 heavy (non-hydrogen) atoms. The molecule has 3 nitrogen and oxygen atoms in total. The van der Waals surface area contributed by atoms with Crippen molar-refractivity contribution in [3.63, 3.8) is 0 Å². The molecule has 3 heteroatoms. The van der Waals surface area contributed by atoms with E-state index < -0.39 is 0 Å². The Hall–Kier alpha value is -2.16. The molecule has 0 unspecified atom stereocenters. The fourth-order valence-electron chi connectivity index (χ4n) is 1.83. The van der Waals surface area contributed by atoms with Gasteiger partial charge >= 0.3 is 0 Å². The third-order valence-electron chi connectivity index (χ3n) is 2.91. The molecule has 2 aromatic carbocycles. The Kier molecular flexibility index (Phi) is 3.42. The summed E-state index contributed by atoms with van der Waals surface area (Å²) in [6, 6.07) is 11.9. The summed E-state index contributed by atoms with van der Waals surface area (Å²) in [5, 5.41) is 3.35. The maximum Gasteiger partial charge on any atom is 0.119 e. The molecule has 0 aromatic heterocycles. The van der Waals surface area contributed by atoms with Crippen LogP contribution in [0.5, 0.6) is 5.75 Å². The Morgan fingerprint density at radius 1 is 1.00 bits per heavy atom. The molecule has 0 aliphatic rings. The van der Waals surface area contributed by atoms with Crippen LogP contribution in [0.4, 0.5) is 17.1 Å². The summed E-state index contributed by atoms with van der Waals surface area (Å²) in [6.45, 7) is 4.09. The molecular formula is C15H18N2O. The Balaban J connectivity index is 2.31. The van der Waals surface area contributed by atoms with Gasteiger partial charge in [-0.1, -0.05) is 6.07 Å². The van der Waals surface area contributed by atoms with Crippen molar-refractivity contribution in [3.8, 4) is 5.75 Å². The summed E-state index contributed by atoms with van der Waals surface area (Å²) in [6.07, 6.45) is 0. The lowest BCUT2D eigenvalue weighted by molar-refractivity contribution is 0.414. The molecule has 0 amide bonds. The lowest BCUT2D eigenvalue weighted by Crippen LogP contribution is -1.98. The summed E-state index contributed by atoms with van der Waals surface area (Å²) in [5.74, 6) is 0.857.